The molecule has 1 aromatic heterocycles. The lowest BCUT2D eigenvalue weighted by molar-refractivity contribution is -0.151. The standard InChI is InChI=1S/C23H23N3O3/c27-22(26-14-13-20(25-26)17-7-2-1-3-8-17)16-29-23(28)12-6-9-18-15-24-21-11-5-4-10-19(18)21/h1-5,7-8,10-11,15,24H,6,9,12-14,16H2. The van der Waals surface area contributed by atoms with Crippen molar-refractivity contribution in [3.63, 3.8) is 0 Å². The number of aryl methyl sites for hydroxylation is 1. The van der Waals surface area contributed by atoms with E-state index in [0.29, 0.717) is 19.4 Å². The Morgan fingerprint density at radius 2 is 1.86 bits per heavy atom. The Labute approximate surface area is 169 Å². The highest BCUT2D eigenvalue weighted by molar-refractivity contribution is 6.02. The van der Waals surface area contributed by atoms with Crippen LogP contribution in [0.1, 0.15) is 30.4 Å². The van der Waals surface area contributed by atoms with E-state index in [1.54, 1.807) is 0 Å². The zero-order valence-electron chi connectivity index (χ0n) is 16.1. The summed E-state index contributed by atoms with van der Waals surface area (Å²) in [6.07, 6.45) is 4.42. The largest absolute Gasteiger partial charge is 0.455 e. The molecule has 0 spiro atoms. The first-order chi connectivity index (χ1) is 14.2. The number of aromatic nitrogens is 1. The van der Waals surface area contributed by atoms with Gasteiger partial charge in [-0.1, -0.05) is 48.5 Å². The molecular weight excluding hydrogens is 366 g/mol. The van der Waals surface area contributed by atoms with Gasteiger partial charge in [-0.3, -0.25) is 9.59 Å². The maximum absolute atomic E-state index is 12.3. The minimum Gasteiger partial charge on any atom is -0.455 e. The Morgan fingerprint density at radius 3 is 2.72 bits per heavy atom. The SMILES string of the molecule is O=C(CCCc1c[nH]c2ccccc12)OCC(=O)N1CCC(c2ccccc2)=N1. The van der Waals surface area contributed by atoms with Crippen LogP contribution in [0.4, 0.5) is 0 Å². The average molecular weight is 389 g/mol. The molecule has 0 aliphatic carbocycles. The van der Waals surface area contributed by atoms with Gasteiger partial charge in [0.1, 0.15) is 0 Å². The number of nitrogens with one attached hydrogen (secondary N) is 1. The van der Waals surface area contributed by atoms with Crippen LogP contribution in [-0.4, -0.2) is 40.7 Å². The molecule has 0 fully saturated rings. The van der Waals surface area contributed by atoms with Gasteiger partial charge in [-0.15, -0.1) is 0 Å². The lowest BCUT2D eigenvalue weighted by atomic mass is 10.1. The number of rotatable bonds is 7. The highest BCUT2D eigenvalue weighted by Gasteiger charge is 2.22. The minimum absolute atomic E-state index is 0.266. The molecule has 0 bridgehead atoms. The summed E-state index contributed by atoms with van der Waals surface area (Å²) in [7, 11) is 0. The molecule has 29 heavy (non-hydrogen) atoms. The smallest absolute Gasteiger partial charge is 0.306 e. The monoisotopic (exact) mass is 389 g/mol. The number of hydrazone groups is 1. The van der Waals surface area contributed by atoms with Crippen LogP contribution in [0.2, 0.25) is 0 Å². The second-order valence-corrected chi connectivity index (χ2v) is 7.05. The minimum atomic E-state index is -0.357. The third kappa shape index (κ3) is 4.54. The summed E-state index contributed by atoms with van der Waals surface area (Å²) in [6, 6.07) is 17.9. The predicted octanol–water partition coefficient (Wildman–Crippen LogP) is 3.67. The first kappa shape index (κ1) is 18.9. The molecule has 3 aromatic rings. The molecule has 0 saturated carbocycles. The van der Waals surface area contributed by atoms with Crippen LogP contribution in [-0.2, 0) is 20.7 Å². The van der Waals surface area contributed by atoms with Gasteiger partial charge in [0.15, 0.2) is 6.61 Å². The fourth-order valence-electron chi connectivity index (χ4n) is 3.52. The highest BCUT2D eigenvalue weighted by atomic mass is 16.5. The van der Waals surface area contributed by atoms with Crippen molar-refractivity contribution in [2.24, 2.45) is 5.10 Å². The van der Waals surface area contributed by atoms with Gasteiger partial charge in [-0.2, -0.15) is 5.10 Å². The Hall–Kier alpha value is -3.41. The molecule has 1 N–H and O–H groups in total. The molecule has 0 unspecified atom stereocenters. The highest BCUT2D eigenvalue weighted by Crippen LogP contribution is 2.19. The summed E-state index contributed by atoms with van der Waals surface area (Å²) < 4.78 is 5.16. The lowest BCUT2D eigenvalue weighted by Crippen LogP contribution is -2.28. The van der Waals surface area contributed by atoms with Gasteiger partial charge < -0.3 is 9.72 Å². The molecule has 1 aliphatic heterocycles. The molecule has 2 aromatic carbocycles. The van der Waals surface area contributed by atoms with Gasteiger partial charge in [0.05, 0.1) is 12.3 Å². The van der Waals surface area contributed by atoms with Crippen molar-refractivity contribution in [2.45, 2.75) is 25.7 Å². The van der Waals surface area contributed by atoms with Crippen LogP contribution < -0.4 is 0 Å². The van der Waals surface area contributed by atoms with E-state index in [0.717, 1.165) is 23.2 Å². The maximum Gasteiger partial charge on any atom is 0.306 e. The van der Waals surface area contributed by atoms with Crippen LogP contribution in [0, 0.1) is 0 Å². The number of aromatic amines is 1. The van der Waals surface area contributed by atoms with Gasteiger partial charge in [0, 0.05) is 29.9 Å². The molecule has 0 atom stereocenters. The fourth-order valence-corrected chi connectivity index (χ4v) is 3.52. The summed E-state index contributed by atoms with van der Waals surface area (Å²) in [5, 5.41) is 6.94. The Balaban J connectivity index is 1.21. The number of fused-ring (bicyclic) bond motifs is 1. The number of nitrogens with zero attached hydrogens (tertiary/aromatic N) is 2. The molecule has 0 saturated heterocycles. The molecule has 2 heterocycles. The molecule has 1 amide bonds. The Morgan fingerprint density at radius 1 is 1.07 bits per heavy atom. The van der Waals surface area contributed by atoms with Gasteiger partial charge in [-0.25, -0.2) is 5.01 Å². The van der Waals surface area contributed by atoms with Gasteiger partial charge in [0.25, 0.3) is 5.91 Å². The summed E-state index contributed by atoms with van der Waals surface area (Å²) in [4.78, 5) is 27.5. The first-order valence-electron chi connectivity index (χ1n) is 9.84. The number of hydrogen-bond donors (Lipinski definition) is 1. The van der Waals surface area contributed by atoms with Crippen molar-refractivity contribution in [1.29, 1.82) is 0 Å². The fraction of sp³-hybridized carbons (Fsp3) is 0.261. The van der Waals surface area contributed by atoms with Crippen LogP contribution in [0.15, 0.2) is 65.9 Å². The number of esters is 1. The molecular formula is C23H23N3O3. The Kier molecular flexibility index (Phi) is 5.70. The zero-order chi connectivity index (χ0) is 20.1. The second kappa shape index (κ2) is 8.73. The molecule has 6 heteroatoms. The third-order valence-corrected chi connectivity index (χ3v) is 5.06. The van der Waals surface area contributed by atoms with Crippen LogP contribution in [0.25, 0.3) is 10.9 Å². The molecule has 0 radical (unpaired) electrons. The number of ether oxygens (including phenoxy) is 1. The summed E-state index contributed by atoms with van der Waals surface area (Å²) in [5.41, 5.74) is 4.17. The number of amides is 1. The molecule has 6 nitrogen and oxygen atoms in total. The topological polar surface area (TPSA) is 74.8 Å². The molecule has 4 rings (SSSR count). The van der Waals surface area contributed by atoms with Crippen molar-refractivity contribution in [2.75, 3.05) is 13.2 Å². The normalized spacial score (nSPS) is 13.5. The van der Waals surface area contributed by atoms with E-state index in [2.05, 4.69) is 16.2 Å². The molecule has 148 valence electrons. The van der Waals surface area contributed by atoms with E-state index in [1.807, 2.05) is 54.7 Å². The van der Waals surface area contributed by atoms with Gasteiger partial charge in [-0.05, 0) is 30.0 Å². The summed E-state index contributed by atoms with van der Waals surface area (Å²) in [6.45, 7) is 0.249. The number of carbonyl (C=O) groups is 2. The van der Waals surface area contributed by atoms with Crippen molar-refractivity contribution in [1.82, 2.24) is 9.99 Å². The van der Waals surface area contributed by atoms with Crippen LogP contribution >= 0.6 is 0 Å². The van der Waals surface area contributed by atoms with E-state index in [-0.39, 0.29) is 24.9 Å². The van der Waals surface area contributed by atoms with Crippen LogP contribution in [0.5, 0.6) is 0 Å². The third-order valence-electron chi connectivity index (χ3n) is 5.06. The van der Waals surface area contributed by atoms with E-state index in [9.17, 15) is 9.59 Å². The van der Waals surface area contributed by atoms with Crippen molar-refractivity contribution >= 4 is 28.5 Å². The van der Waals surface area contributed by atoms with E-state index in [4.69, 9.17) is 4.74 Å². The lowest BCUT2D eigenvalue weighted by Gasteiger charge is -2.11. The number of carbonyl (C=O) groups excluding carboxylic acids is 2. The van der Waals surface area contributed by atoms with Crippen molar-refractivity contribution in [3.8, 4) is 0 Å². The number of H-pyrrole nitrogens is 1. The van der Waals surface area contributed by atoms with E-state index in [1.165, 1.54) is 16.0 Å². The van der Waals surface area contributed by atoms with Crippen molar-refractivity contribution < 1.29 is 14.3 Å². The first-order valence-corrected chi connectivity index (χ1v) is 9.84. The number of benzene rings is 2. The predicted molar refractivity (Wildman–Crippen MR) is 112 cm³/mol. The van der Waals surface area contributed by atoms with Gasteiger partial charge in [0.2, 0.25) is 0 Å². The maximum atomic E-state index is 12.3. The average Bonchev–Trinajstić information content (AvgIpc) is 3.41. The number of para-hydroxylation sites is 1. The second-order valence-electron chi connectivity index (χ2n) is 7.05. The molecule has 1 aliphatic rings. The van der Waals surface area contributed by atoms with Gasteiger partial charge >= 0.3 is 5.97 Å². The van der Waals surface area contributed by atoms with Crippen LogP contribution in [0.3, 0.4) is 0 Å². The van der Waals surface area contributed by atoms with E-state index >= 15 is 0 Å². The quantitative estimate of drug-likeness (QED) is 0.627. The van der Waals surface area contributed by atoms with Crippen molar-refractivity contribution in [3.05, 3.63) is 71.9 Å². The summed E-state index contributed by atoms with van der Waals surface area (Å²) >= 11 is 0. The summed E-state index contributed by atoms with van der Waals surface area (Å²) in [5.74, 6) is -0.648. The van der Waals surface area contributed by atoms with E-state index < -0.39 is 0 Å². The Bertz CT molecular complexity index is 1040. The number of hydrogen-bond acceptors (Lipinski definition) is 4. The zero-order valence-corrected chi connectivity index (χ0v) is 16.1.